The van der Waals surface area contributed by atoms with Crippen LogP contribution in [-0.4, -0.2) is 37.6 Å². The zero-order valence-electron chi connectivity index (χ0n) is 11.9. The van der Waals surface area contributed by atoms with Crippen LogP contribution in [0.4, 0.5) is 4.79 Å². The molecule has 1 aromatic carbocycles. The number of likely N-dealkylation sites (N-methyl/N-ethyl adjacent to an activating group) is 1. The first kappa shape index (κ1) is 15.2. The standard InChI is InChI=1S/C14H15ClN2O4/c1-4-21-11-7-8(5-9(15)12(11)20-3)6-10-13(18)17(2)14(19)16-10/h5-7H,4H2,1-3H3,(H,16,19)/b10-6+. The average Bonchev–Trinajstić information content (AvgIpc) is 2.67. The number of carbonyl (C=O) groups excluding carboxylic acids is 2. The molecular weight excluding hydrogens is 296 g/mol. The van der Waals surface area contributed by atoms with E-state index in [2.05, 4.69) is 5.32 Å². The number of ether oxygens (including phenoxy) is 2. The largest absolute Gasteiger partial charge is 0.491 e. The number of urea groups is 1. The Labute approximate surface area is 127 Å². The molecule has 21 heavy (non-hydrogen) atoms. The van der Waals surface area contributed by atoms with Crippen molar-refractivity contribution in [3.05, 3.63) is 28.4 Å². The molecule has 3 amide bonds. The molecule has 0 bridgehead atoms. The maximum atomic E-state index is 11.8. The van der Waals surface area contributed by atoms with Gasteiger partial charge in [-0.2, -0.15) is 0 Å². The van der Waals surface area contributed by atoms with Gasteiger partial charge in [-0.05, 0) is 30.7 Å². The van der Waals surface area contributed by atoms with Crippen molar-refractivity contribution in [2.75, 3.05) is 20.8 Å². The molecule has 0 saturated carbocycles. The van der Waals surface area contributed by atoms with Crippen molar-refractivity contribution in [3.63, 3.8) is 0 Å². The highest BCUT2D eigenvalue weighted by atomic mass is 35.5. The van der Waals surface area contributed by atoms with Gasteiger partial charge >= 0.3 is 6.03 Å². The van der Waals surface area contributed by atoms with Crippen molar-refractivity contribution >= 4 is 29.6 Å². The minimum absolute atomic E-state index is 0.186. The number of imide groups is 1. The molecule has 0 atom stereocenters. The first-order valence-electron chi connectivity index (χ1n) is 6.29. The summed E-state index contributed by atoms with van der Waals surface area (Å²) in [6, 6.07) is 2.86. The molecule has 1 saturated heterocycles. The van der Waals surface area contributed by atoms with E-state index in [0.29, 0.717) is 28.7 Å². The van der Waals surface area contributed by atoms with Crippen LogP contribution in [0.3, 0.4) is 0 Å². The Morgan fingerprint density at radius 2 is 2.10 bits per heavy atom. The van der Waals surface area contributed by atoms with Gasteiger partial charge in [-0.15, -0.1) is 0 Å². The lowest BCUT2D eigenvalue weighted by atomic mass is 10.1. The number of amides is 3. The molecule has 7 heteroatoms. The second-order valence-corrected chi connectivity index (χ2v) is 4.73. The third kappa shape index (κ3) is 2.95. The number of nitrogens with one attached hydrogen (secondary N) is 1. The van der Waals surface area contributed by atoms with Crippen LogP contribution in [0.2, 0.25) is 5.02 Å². The van der Waals surface area contributed by atoms with E-state index in [4.69, 9.17) is 21.1 Å². The zero-order valence-corrected chi connectivity index (χ0v) is 12.7. The quantitative estimate of drug-likeness (QED) is 0.684. The Morgan fingerprint density at radius 3 is 2.62 bits per heavy atom. The molecule has 1 heterocycles. The molecular formula is C14H15ClN2O4. The third-order valence-corrected chi connectivity index (χ3v) is 3.21. The van der Waals surface area contributed by atoms with E-state index in [1.165, 1.54) is 20.2 Å². The van der Waals surface area contributed by atoms with E-state index in [9.17, 15) is 9.59 Å². The van der Waals surface area contributed by atoms with Crippen LogP contribution >= 0.6 is 11.6 Å². The third-order valence-electron chi connectivity index (χ3n) is 2.93. The summed E-state index contributed by atoms with van der Waals surface area (Å²) in [7, 11) is 2.91. The number of methoxy groups -OCH3 is 1. The molecule has 1 fully saturated rings. The van der Waals surface area contributed by atoms with Gasteiger partial charge in [0.05, 0.1) is 18.7 Å². The van der Waals surface area contributed by atoms with Crippen molar-refractivity contribution in [2.45, 2.75) is 6.92 Å². The van der Waals surface area contributed by atoms with Crippen molar-refractivity contribution < 1.29 is 19.1 Å². The van der Waals surface area contributed by atoms with Crippen molar-refractivity contribution in [1.82, 2.24) is 10.2 Å². The summed E-state index contributed by atoms with van der Waals surface area (Å²) < 4.78 is 10.6. The van der Waals surface area contributed by atoms with Crippen LogP contribution < -0.4 is 14.8 Å². The summed E-state index contributed by atoms with van der Waals surface area (Å²) in [5.41, 5.74) is 0.814. The smallest absolute Gasteiger partial charge is 0.328 e. The van der Waals surface area contributed by atoms with Gasteiger partial charge in [-0.3, -0.25) is 9.69 Å². The molecule has 0 unspecified atom stereocenters. The number of carbonyl (C=O) groups is 2. The van der Waals surface area contributed by atoms with E-state index < -0.39 is 11.9 Å². The van der Waals surface area contributed by atoms with E-state index in [1.807, 2.05) is 6.92 Å². The van der Waals surface area contributed by atoms with Crippen LogP contribution in [0.25, 0.3) is 6.08 Å². The second-order valence-electron chi connectivity index (χ2n) is 4.32. The number of hydrogen-bond acceptors (Lipinski definition) is 4. The fraction of sp³-hybridized carbons (Fsp3) is 0.286. The Kier molecular flexibility index (Phi) is 4.37. The molecule has 0 spiro atoms. The Bertz CT molecular complexity index is 628. The predicted octanol–water partition coefficient (Wildman–Crippen LogP) is 2.27. The topological polar surface area (TPSA) is 67.9 Å². The van der Waals surface area contributed by atoms with Crippen LogP contribution in [-0.2, 0) is 4.79 Å². The van der Waals surface area contributed by atoms with E-state index in [-0.39, 0.29) is 5.70 Å². The Morgan fingerprint density at radius 1 is 1.38 bits per heavy atom. The molecule has 0 aliphatic carbocycles. The van der Waals surface area contributed by atoms with Gasteiger partial charge in [0.25, 0.3) is 5.91 Å². The molecule has 1 aromatic rings. The Hall–Kier alpha value is -2.21. The van der Waals surface area contributed by atoms with E-state index in [1.54, 1.807) is 12.1 Å². The minimum Gasteiger partial charge on any atom is -0.491 e. The fourth-order valence-corrected chi connectivity index (χ4v) is 2.22. The number of halogens is 1. The van der Waals surface area contributed by atoms with E-state index in [0.717, 1.165) is 4.90 Å². The van der Waals surface area contributed by atoms with Gasteiger partial charge < -0.3 is 14.8 Å². The maximum Gasteiger partial charge on any atom is 0.328 e. The molecule has 0 radical (unpaired) electrons. The van der Waals surface area contributed by atoms with Crippen molar-refractivity contribution in [1.29, 1.82) is 0 Å². The molecule has 2 rings (SSSR count). The number of hydrogen-bond donors (Lipinski definition) is 1. The number of nitrogens with zero attached hydrogens (tertiary/aromatic N) is 1. The maximum absolute atomic E-state index is 11.8. The number of rotatable bonds is 4. The highest BCUT2D eigenvalue weighted by molar-refractivity contribution is 6.32. The van der Waals surface area contributed by atoms with Crippen LogP contribution in [0.15, 0.2) is 17.8 Å². The van der Waals surface area contributed by atoms with Crippen LogP contribution in [0.1, 0.15) is 12.5 Å². The molecule has 0 aromatic heterocycles. The molecule has 112 valence electrons. The first-order valence-corrected chi connectivity index (χ1v) is 6.66. The normalized spacial score (nSPS) is 16.4. The monoisotopic (exact) mass is 310 g/mol. The summed E-state index contributed by atoms with van der Waals surface area (Å²) in [5, 5.41) is 2.85. The predicted molar refractivity (Wildman–Crippen MR) is 78.5 cm³/mol. The molecule has 1 N–H and O–H groups in total. The van der Waals surface area contributed by atoms with Gasteiger partial charge in [-0.25, -0.2) is 4.79 Å². The van der Waals surface area contributed by atoms with Gasteiger partial charge in [-0.1, -0.05) is 11.6 Å². The lowest BCUT2D eigenvalue weighted by Crippen LogP contribution is -2.25. The fourth-order valence-electron chi connectivity index (χ4n) is 1.92. The SMILES string of the molecule is CCOc1cc(/C=C2/NC(=O)N(C)C2=O)cc(Cl)c1OC. The summed E-state index contributed by atoms with van der Waals surface area (Å²) >= 11 is 6.13. The summed E-state index contributed by atoms with van der Waals surface area (Å²) in [6.07, 6.45) is 1.54. The lowest BCUT2D eigenvalue weighted by Gasteiger charge is -2.12. The zero-order chi connectivity index (χ0) is 15.6. The average molecular weight is 311 g/mol. The van der Waals surface area contributed by atoms with Crippen molar-refractivity contribution in [2.24, 2.45) is 0 Å². The van der Waals surface area contributed by atoms with Crippen LogP contribution in [0, 0.1) is 0 Å². The second kappa shape index (κ2) is 6.05. The summed E-state index contributed by atoms with van der Waals surface area (Å²) in [6.45, 7) is 2.29. The number of benzene rings is 1. The Balaban J connectivity index is 2.41. The van der Waals surface area contributed by atoms with Gasteiger partial charge in [0.15, 0.2) is 11.5 Å². The van der Waals surface area contributed by atoms with Gasteiger partial charge in [0, 0.05) is 7.05 Å². The summed E-state index contributed by atoms with van der Waals surface area (Å²) in [4.78, 5) is 24.2. The minimum atomic E-state index is -0.462. The van der Waals surface area contributed by atoms with Crippen molar-refractivity contribution in [3.8, 4) is 11.5 Å². The highest BCUT2D eigenvalue weighted by Gasteiger charge is 2.30. The molecule has 6 nitrogen and oxygen atoms in total. The lowest BCUT2D eigenvalue weighted by molar-refractivity contribution is -0.121. The van der Waals surface area contributed by atoms with Gasteiger partial charge in [0.1, 0.15) is 5.70 Å². The van der Waals surface area contributed by atoms with E-state index >= 15 is 0 Å². The summed E-state index contributed by atoms with van der Waals surface area (Å²) in [5.74, 6) is 0.508. The highest BCUT2D eigenvalue weighted by Crippen LogP contribution is 2.37. The van der Waals surface area contributed by atoms with Crippen LogP contribution in [0.5, 0.6) is 11.5 Å². The molecule has 1 aliphatic rings. The molecule has 1 aliphatic heterocycles. The van der Waals surface area contributed by atoms with Gasteiger partial charge in [0.2, 0.25) is 0 Å². The first-order chi connectivity index (χ1) is 9.97.